The zero-order valence-corrected chi connectivity index (χ0v) is 14.2. The molecule has 1 aromatic heterocycles. The second kappa shape index (κ2) is 7.36. The lowest BCUT2D eigenvalue weighted by atomic mass is 9.93. The molecule has 124 valence electrons. The summed E-state index contributed by atoms with van der Waals surface area (Å²) in [7, 11) is 0. The van der Waals surface area contributed by atoms with Gasteiger partial charge in [-0.2, -0.15) is 11.8 Å². The van der Waals surface area contributed by atoms with Crippen LogP contribution in [0.15, 0.2) is 24.3 Å². The van der Waals surface area contributed by atoms with E-state index in [1.165, 1.54) is 0 Å². The predicted octanol–water partition coefficient (Wildman–Crippen LogP) is 2.32. The number of para-hydroxylation sites is 2. The summed E-state index contributed by atoms with van der Waals surface area (Å²) in [5.74, 6) is 1.75. The number of carbonyl (C=O) groups excluding carboxylic acids is 1. The number of hydrogen-bond donors (Lipinski definition) is 2. The van der Waals surface area contributed by atoms with Crippen LogP contribution < -0.4 is 5.32 Å². The van der Waals surface area contributed by atoms with E-state index in [9.17, 15) is 9.90 Å². The number of fused-ring (bicyclic) bond motifs is 1. The molecular weight excluding hydrogens is 310 g/mol. The Balaban J connectivity index is 1.72. The standard InChI is InChI=1S/C17H23N3O2S/c1-23-11-16-19-14-4-2-3-5-15(14)20(16)10-17(22)18-12-6-8-13(21)9-7-12/h2-5,12-13,21H,6-11H2,1H3,(H,18,22). The highest BCUT2D eigenvalue weighted by Crippen LogP contribution is 2.20. The number of carbonyl (C=O) groups is 1. The first-order chi connectivity index (χ1) is 11.2. The van der Waals surface area contributed by atoms with Crippen LogP contribution in [0, 0.1) is 0 Å². The fraction of sp³-hybridized carbons (Fsp3) is 0.529. The van der Waals surface area contributed by atoms with Crippen molar-refractivity contribution in [1.29, 1.82) is 0 Å². The third kappa shape index (κ3) is 3.87. The smallest absolute Gasteiger partial charge is 0.240 e. The Bertz CT molecular complexity index is 678. The highest BCUT2D eigenvalue weighted by Gasteiger charge is 2.21. The molecule has 23 heavy (non-hydrogen) atoms. The van der Waals surface area contributed by atoms with Crippen molar-refractivity contribution in [3.63, 3.8) is 0 Å². The molecule has 0 bridgehead atoms. The summed E-state index contributed by atoms with van der Waals surface area (Å²) in [6.07, 6.45) is 5.10. The van der Waals surface area contributed by atoms with E-state index in [1.54, 1.807) is 11.8 Å². The van der Waals surface area contributed by atoms with Crippen LogP contribution in [0.4, 0.5) is 0 Å². The molecule has 1 aromatic carbocycles. The van der Waals surface area contributed by atoms with Gasteiger partial charge in [-0.1, -0.05) is 12.1 Å². The second-order valence-corrected chi connectivity index (χ2v) is 6.97. The summed E-state index contributed by atoms with van der Waals surface area (Å²) in [4.78, 5) is 17.1. The van der Waals surface area contributed by atoms with Gasteiger partial charge in [0.25, 0.3) is 0 Å². The van der Waals surface area contributed by atoms with Gasteiger partial charge in [-0.25, -0.2) is 4.98 Å². The Morgan fingerprint density at radius 1 is 1.35 bits per heavy atom. The van der Waals surface area contributed by atoms with Crippen molar-refractivity contribution < 1.29 is 9.90 Å². The van der Waals surface area contributed by atoms with E-state index < -0.39 is 0 Å². The van der Waals surface area contributed by atoms with Crippen molar-refractivity contribution in [2.75, 3.05) is 6.26 Å². The van der Waals surface area contributed by atoms with E-state index in [1.807, 2.05) is 35.1 Å². The highest BCUT2D eigenvalue weighted by atomic mass is 32.2. The molecule has 1 saturated carbocycles. The highest BCUT2D eigenvalue weighted by molar-refractivity contribution is 7.97. The monoisotopic (exact) mass is 333 g/mol. The average Bonchev–Trinajstić information content (AvgIpc) is 2.88. The number of nitrogens with one attached hydrogen (secondary N) is 1. The van der Waals surface area contributed by atoms with Gasteiger partial charge in [-0.05, 0) is 44.1 Å². The number of hydrogen-bond acceptors (Lipinski definition) is 4. The van der Waals surface area contributed by atoms with Gasteiger partial charge in [-0.15, -0.1) is 0 Å². The number of thioether (sulfide) groups is 1. The normalized spacial score (nSPS) is 21.5. The fourth-order valence-electron chi connectivity index (χ4n) is 3.18. The third-order valence-electron chi connectivity index (χ3n) is 4.37. The van der Waals surface area contributed by atoms with Crippen molar-refractivity contribution in [3.8, 4) is 0 Å². The number of imidazole rings is 1. The second-order valence-electron chi connectivity index (χ2n) is 6.11. The molecular formula is C17H23N3O2S. The van der Waals surface area contributed by atoms with E-state index in [0.717, 1.165) is 48.3 Å². The number of benzene rings is 1. The largest absolute Gasteiger partial charge is 0.393 e. The third-order valence-corrected chi connectivity index (χ3v) is 4.92. The molecule has 1 fully saturated rings. The minimum Gasteiger partial charge on any atom is -0.393 e. The molecule has 0 radical (unpaired) electrons. The first kappa shape index (κ1) is 16.3. The molecule has 0 unspecified atom stereocenters. The fourth-order valence-corrected chi connectivity index (χ4v) is 3.66. The van der Waals surface area contributed by atoms with Crippen molar-refractivity contribution in [3.05, 3.63) is 30.1 Å². The Morgan fingerprint density at radius 3 is 2.83 bits per heavy atom. The maximum absolute atomic E-state index is 12.4. The number of aliphatic hydroxyl groups is 1. The molecule has 0 saturated heterocycles. The molecule has 0 aliphatic heterocycles. The lowest BCUT2D eigenvalue weighted by Crippen LogP contribution is -2.40. The van der Waals surface area contributed by atoms with Crippen LogP contribution in [-0.2, 0) is 17.1 Å². The molecule has 2 aromatic rings. The van der Waals surface area contributed by atoms with Crippen molar-refractivity contribution >= 4 is 28.7 Å². The van der Waals surface area contributed by atoms with Gasteiger partial charge in [-0.3, -0.25) is 4.79 Å². The number of aromatic nitrogens is 2. The van der Waals surface area contributed by atoms with Gasteiger partial charge >= 0.3 is 0 Å². The molecule has 1 heterocycles. The van der Waals surface area contributed by atoms with Crippen LogP contribution in [0.1, 0.15) is 31.5 Å². The van der Waals surface area contributed by atoms with Crippen LogP contribution in [0.2, 0.25) is 0 Å². The van der Waals surface area contributed by atoms with Gasteiger partial charge in [0.15, 0.2) is 0 Å². The maximum Gasteiger partial charge on any atom is 0.240 e. The molecule has 2 N–H and O–H groups in total. The zero-order chi connectivity index (χ0) is 16.2. The van der Waals surface area contributed by atoms with E-state index in [4.69, 9.17) is 0 Å². The average molecular weight is 333 g/mol. The van der Waals surface area contributed by atoms with Gasteiger partial charge in [0, 0.05) is 6.04 Å². The Kier molecular flexibility index (Phi) is 5.23. The van der Waals surface area contributed by atoms with E-state index in [-0.39, 0.29) is 18.1 Å². The summed E-state index contributed by atoms with van der Waals surface area (Å²) in [5.41, 5.74) is 1.94. The van der Waals surface area contributed by atoms with Gasteiger partial charge in [0.1, 0.15) is 12.4 Å². The molecule has 0 atom stereocenters. The van der Waals surface area contributed by atoms with Crippen LogP contribution in [0.3, 0.4) is 0 Å². The Hall–Kier alpha value is -1.53. The lowest BCUT2D eigenvalue weighted by Gasteiger charge is -2.26. The SMILES string of the molecule is CSCc1nc2ccccc2n1CC(=O)NC1CCC(O)CC1. The molecule has 1 aliphatic rings. The summed E-state index contributed by atoms with van der Waals surface area (Å²) in [5, 5.41) is 12.7. The molecule has 6 heteroatoms. The predicted molar refractivity (Wildman–Crippen MR) is 93.4 cm³/mol. The van der Waals surface area contributed by atoms with Crippen LogP contribution >= 0.6 is 11.8 Å². The molecule has 0 spiro atoms. The van der Waals surface area contributed by atoms with E-state index in [2.05, 4.69) is 10.3 Å². The van der Waals surface area contributed by atoms with Crippen molar-refractivity contribution in [2.24, 2.45) is 0 Å². The first-order valence-electron chi connectivity index (χ1n) is 8.08. The first-order valence-corrected chi connectivity index (χ1v) is 9.47. The van der Waals surface area contributed by atoms with Crippen LogP contribution in [-0.4, -0.2) is 39.0 Å². The zero-order valence-electron chi connectivity index (χ0n) is 13.4. The topological polar surface area (TPSA) is 67.2 Å². The number of amides is 1. The minimum atomic E-state index is -0.200. The van der Waals surface area contributed by atoms with Crippen molar-refractivity contribution in [1.82, 2.24) is 14.9 Å². The number of aliphatic hydroxyl groups excluding tert-OH is 1. The maximum atomic E-state index is 12.4. The molecule has 1 aliphatic carbocycles. The van der Waals surface area contributed by atoms with Gasteiger partial charge in [0.2, 0.25) is 5.91 Å². The summed E-state index contributed by atoms with van der Waals surface area (Å²) < 4.78 is 2.01. The van der Waals surface area contributed by atoms with Gasteiger partial charge < -0.3 is 15.0 Å². The summed E-state index contributed by atoms with van der Waals surface area (Å²) in [6.45, 7) is 0.301. The lowest BCUT2D eigenvalue weighted by molar-refractivity contribution is -0.122. The van der Waals surface area contributed by atoms with E-state index in [0.29, 0.717) is 6.54 Å². The summed E-state index contributed by atoms with van der Waals surface area (Å²) >= 11 is 1.70. The number of nitrogens with zero attached hydrogens (tertiary/aromatic N) is 2. The molecule has 5 nitrogen and oxygen atoms in total. The van der Waals surface area contributed by atoms with E-state index >= 15 is 0 Å². The molecule has 1 amide bonds. The van der Waals surface area contributed by atoms with Crippen LogP contribution in [0.5, 0.6) is 0 Å². The van der Waals surface area contributed by atoms with Crippen LogP contribution in [0.25, 0.3) is 11.0 Å². The Labute approximate surface area is 140 Å². The number of rotatable bonds is 5. The van der Waals surface area contributed by atoms with Crippen molar-refractivity contribution in [2.45, 2.75) is 50.1 Å². The minimum absolute atomic E-state index is 0.0249. The quantitative estimate of drug-likeness (QED) is 0.881. The Morgan fingerprint density at radius 2 is 2.09 bits per heavy atom. The molecule has 3 rings (SSSR count). The van der Waals surface area contributed by atoms with Gasteiger partial charge in [0.05, 0.1) is 22.9 Å². The summed E-state index contributed by atoms with van der Waals surface area (Å²) in [6, 6.07) is 8.12.